The third kappa shape index (κ3) is 5.14. The molecule has 0 atom stereocenters. The Morgan fingerprint density at radius 3 is 2.71 bits per heavy atom. The Morgan fingerprint density at radius 2 is 1.96 bits per heavy atom. The number of nitrogens with zero attached hydrogens (tertiary/aromatic N) is 1. The van der Waals surface area contributed by atoms with Crippen LogP contribution in [0, 0.1) is 5.82 Å². The summed E-state index contributed by atoms with van der Waals surface area (Å²) in [6, 6.07) is 12.0. The number of carbonyl (C=O) groups is 1. The second-order valence-electron chi connectivity index (χ2n) is 5.67. The number of hydrogen-bond acceptors (Lipinski definition) is 5. The molecule has 1 aromatic heterocycles. The highest BCUT2D eigenvalue weighted by molar-refractivity contribution is 7.89. The maximum absolute atomic E-state index is 13.3. The van der Waals surface area contributed by atoms with E-state index < -0.39 is 15.9 Å². The number of hydrogen-bond donors (Lipinski definition) is 2. The minimum atomic E-state index is -3.81. The Morgan fingerprint density at radius 1 is 1.18 bits per heavy atom. The van der Waals surface area contributed by atoms with E-state index in [0.717, 1.165) is 0 Å². The van der Waals surface area contributed by atoms with Crippen LogP contribution in [0.3, 0.4) is 0 Å². The molecule has 10 heteroatoms. The number of amides is 1. The van der Waals surface area contributed by atoms with Crippen LogP contribution >= 0.6 is 22.9 Å². The van der Waals surface area contributed by atoms with Crippen LogP contribution in [0.4, 0.5) is 9.52 Å². The van der Waals surface area contributed by atoms with E-state index in [1.807, 2.05) is 0 Å². The molecule has 3 aromatic rings. The van der Waals surface area contributed by atoms with Crippen molar-refractivity contribution in [3.05, 3.63) is 64.8 Å². The van der Waals surface area contributed by atoms with Crippen LogP contribution in [-0.2, 0) is 14.8 Å². The van der Waals surface area contributed by atoms with Gasteiger partial charge in [0.05, 0.1) is 10.7 Å². The van der Waals surface area contributed by atoms with E-state index >= 15 is 0 Å². The van der Waals surface area contributed by atoms with Crippen molar-refractivity contribution < 1.29 is 17.6 Å². The minimum Gasteiger partial charge on any atom is -0.302 e. The summed E-state index contributed by atoms with van der Waals surface area (Å²) in [5, 5.41) is 4.75. The van der Waals surface area contributed by atoms with E-state index in [2.05, 4.69) is 15.0 Å². The lowest BCUT2D eigenvalue weighted by molar-refractivity contribution is -0.116. The molecule has 0 saturated heterocycles. The first-order valence-electron chi connectivity index (χ1n) is 8.11. The fourth-order valence-corrected chi connectivity index (χ4v) is 4.62. The average Bonchev–Trinajstić information content (AvgIpc) is 3.10. The molecule has 0 aliphatic rings. The molecule has 0 saturated carbocycles. The lowest BCUT2D eigenvalue weighted by Crippen LogP contribution is -2.28. The van der Waals surface area contributed by atoms with E-state index in [4.69, 9.17) is 11.6 Å². The van der Waals surface area contributed by atoms with Gasteiger partial charge in [0.15, 0.2) is 5.13 Å². The Kier molecular flexibility index (Phi) is 6.40. The summed E-state index contributed by atoms with van der Waals surface area (Å²) in [6.07, 6.45) is -0.0848. The van der Waals surface area contributed by atoms with Crippen molar-refractivity contribution in [1.82, 2.24) is 9.71 Å². The molecule has 0 unspecified atom stereocenters. The maximum atomic E-state index is 13.3. The highest BCUT2D eigenvalue weighted by Crippen LogP contribution is 2.25. The van der Waals surface area contributed by atoms with Gasteiger partial charge in [-0.15, -0.1) is 11.3 Å². The molecule has 2 N–H and O–H groups in total. The summed E-state index contributed by atoms with van der Waals surface area (Å²) < 4.78 is 40.1. The lowest BCUT2D eigenvalue weighted by atomic mass is 10.2. The summed E-state index contributed by atoms with van der Waals surface area (Å²) in [5.74, 6) is -0.774. The molecule has 2 aromatic carbocycles. The molecular weight excluding hydrogens is 425 g/mol. The topological polar surface area (TPSA) is 88.2 Å². The largest absolute Gasteiger partial charge is 0.302 e. The van der Waals surface area contributed by atoms with Gasteiger partial charge in [0, 0.05) is 23.9 Å². The number of benzene rings is 2. The van der Waals surface area contributed by atoms with Crippen molar-refractivity contribution in [3.63, 3.8) is 0 Å². The third-order valence-electron chi connectivity index (χ3n) is 3.64. The highest BCUT2D eigenvalue weighted by atomic mass is 35.5. The predicted octanol–water partition coefficient (Wildman–Crippen LogP) is 3.91. The first-order chi connectivity index (χ1) is 13.3. The number of sulfonamides is 1. The van der Waals surface area contributed by atoms with Crippen LogP contribution < -0.4 is 10.0 Å². The number of halogens is 2. The number of rotatable bonds is 7. The molecule has 6 nitrogen and oxygen atoms in total. The Bertz CT molecular complexity index is 1100. The van der Waals surface area contributed by atoms with E-state index in [1.54, 1.807) is 29.6 Å². The van der Waals surface area contributed by atoms with Crippen LogP contribution in [0.25, 0.3) is 11.3 Å². The molecule has 28 heavy (non-hydrogen) atoms. The van der Waals surface area contributed by atoms with Gasteiger partial charge in [-0.2, -0.15) is 0 Å². The fourth-order valence-electron chi connectivity index (χ4n) is 2.33. The van der Waals surface area contributed by atoms with Gasteiger partial charge in [0.25, 0.3) is 0 Å². The van der Waals surface area contributed by atoms with Crippen LogP contribution in [0.5, 0.6) is 0 Å². The van der Waals surface area contributed by atoms with Gasteiger partial charge >= 0.3 is 0 Å². The van der Waals surface area contributed by atoms with Crippen LogP contribution in [0.1, 0.15) is 6.42 Å². The first kappa shape index (κ1) is 20.4. The fraction of sp³-hybridized carbons (Fsp3) is 0.111. The SMILES string of the molecule is O=C(CCNS(=O)(=O)c1ccccc1Cl)Nc1nc(-c2cccc(F)c2)cs1. The van der Waals surface area contributed by atoms with E-state index in [1.165, 1.54) is 35.6 Å². The Balaban J connectivity index is 1.55. The molecule has 146 valence electrons. The zero-order chi connectivity index (χ0) is 20.1. The molecule has 1 amide bonds. The second-order valence-corrected chi connectivity index (χ2v) is 8.68. The zero-order valence-corrected chi connectivity index (χ0v) is 16.7. The van der Waals surface area contributed by atoms with Crippen LogP contribution in [0.2, 0.25) is 5.02 Å². The van der Waals surface area contributed by atoms with Gasteiger partial charge in [-0.3, -0.25) is 4.79 Å². The molecule has 0 bridgehead atoms. The van der Waals surface area contributed by atoms with Crippen molar-refractivity contribution in [2.75, 3.05) is 11.9 Å². The summed E-state index contributed by atoms with van der Waals surface area (Å²) >= 11 is 7.09. The molecule has 1 heterocycles. The molecule has 3 rings (SSSR count). The first-order valence-corrected chi connectivity index (χ1v) is 10.8. The third-order valence-corrected chi connectivity index (χ3v) is 6.36. The van der Waals surface area contributed by atoms with E-state index in [9.17, 15) is 17.6 Å². The minimum absolute atomic E-state index is 0.0447. The summed E-state index contributed by atoms with van der Waals surface area (Å²) in [5.41, 5.74) is 1.14. The van der Waals surface area contributed by atoms with Crippen molar-refractivity contribution in [2.45, 2.75) is 11.3 Å². The molecule has 0 fully saturated rings. The molecule has 0 radical (unpaired) electrons. The predicted molar refractivity (Wildman–Crippen MR) is 107 cm³/mol. The van der Waals surface area contributed by atoms with Gasteiger partial charge in [-0.1, -0.05) is 35.9 Å². The molecule has 0 spiro atoms. The summed E-state index contributed by atoms with van der Waals surface area (Å²) in [4.78, 5) is 16.2. The number of carbonyl (C=O) groups excluding carboxylic acids is 1. The quantitative estimate of drug-likeness (QED) is 0.584. The van der Waals surface area contributed by atoms with Gasteiger partial charge in [0.2, 0.25) is 15.9 Å². The molecule has 0 aliphatic heterocycles. The van der Waals surface area contributed by atoms with Gasteiger partial charge in [-0.05, 0) is 24.3 Å². The van der Waals surface area contributed by atoms with E-state index in [-0.39, 0.29) is 28.7 Å². The lowest BCUT2D eigenvalue weighted by Gasteiger charge is -2.08. The van der Waals surface area contributed by atoms with Gasteiger partial charge < -0.3 is 5.32 Å². The monoisotopic (exact) mass is 439 g/mol. The highest BCUT2D eigenvalue weighted by Gasteiger charge is 2.17. The summed E-state index contributed by atoms with van der Waals surface area (Å²) in [6.45, 7) is -0.0957. The zero-order valence-electron chi connectivity index (χ0n) is 14.4. The van der Waals surface area contributed by atoms with Crippen molar-refractivity contribution in [1.29, 1.82) is 0 Å². The van der Waals surface area contributed by atoms with Crippen molar-refractivity contribution in [2.24, 2.45) is 0 Å². The van der Waals surface area contributed by atoms with E-state index in [0.29, 0.717) is 16.4 Å². The number of aromatic nitrogens is 1. The number of thiazole rings is 1. The van der Waals surface area contributed by atoms with Gasteiger partial charge in [-0.25, -0.2) is 22.5 Å². The maximum Gasteiger partial charge on any atom is 0.242 e. The molecule has 0 aliphatic carbocycles. The number of anilines is 1. The second kappa shape index (κ2) is 8.78. The Hall–Kier alpha value is -2.33. The standard InChI is InChI=1S/C18H15ClFN3O3S2/c19-14-6-1-2-7-16(14)28(25,26)21-9-8-17(24)23-18-22-15(11-27-18)12-4-3-5-13(20)10-12/h1-7,10-11,21H,8-9H2,(H,22,23,24). The summed E-state index contributed by atoms with van der Waals surface area (Å²) in [7, 11) is -3.81. The van der Waals surface area contributed by atoms with Gasteiger partial charge in [0.1, 0.15) is 10.7 Å². The number of nitrogens with one attached hydrogen (secondary N) is 2. The van der Waals surface area contributed by atoms with Crippen molar-refractivity contribution in [3.8, 4) is 11.3 Å². The normalized spacial score (nSPS) is 11.4. The van der Waals surface area contributed by atoms with Crippen LogP contribution in [-0.4, -0.2) is 25.9 Å². The van der Waals surface area contributed by atoms with Crippen LogP contribution in [0.15, 0.2) is 58.8 Å². The smallest absolute Gasteiger partial charge is 0.242 e. The van der Waals surface area contributed by atoms with Crippen molar-refractivity contribution >= 4 is 44.0 Å². The Labute approximate surface area is 170 Å². The average molecular weight is 440 g/mol. The molecular formula is C18H15ClFN3O3S2.